The molecule has 0 spiro atoms. The highest BCUT2D eigenvalue weighted by molar-refractivity contribution is 5.99. The molecule has 0 saturated heterocycles. The van der Waals surface area contributed by atoms with E-state index in [-0.39, 0.29) is 18.0 Å². The molecule has 0 radical (unpaired) electrons. The number of aryl methyl sites for hydroxylation is 1. The summed E-state index contributed by atoms with van der Waals surface area (Å²) in [4.78, 5) is 13.0. The van der Waals surface area contributed by atoms with Gasteiger partial charge in [0, 0.05) is 23.7 Å². The van der Waals surface area contributed by atoms with Gasteiger partial charge in [-0.2, -0.15) is 0 Å². The molecule has 2 aromatic heterocycles. The van der Waals surface area contributed by atoms with E-state index in [2.05, 4.69) is 16.7 Å². The first-order chi connectivity index (χ1) is 12.1. The van der Waals surface area contributed by atoms with E-state index >= 15 is 0 Å². The topological polar surface area (TPSA) is 52.9 Å². The third-order valence-electron chi connectivity index (χ3n) is 4.81. The number of rotatable bonds is 2. The molecule has 4 nitrogen and oxygen atoms in total. The van der Waals surface area contributed by atoms with Crippen LogP contribution in [0.3, 0.4) is 0 Å². The third kappa shape index (κ3) is 2.59. The number of nitrogens with zero attached hydrogens (tertiary/aromatic N) is 2. The van der Waals surface area contributed by atoms with Crippen LogP contribution in [0.5, 0.6) is 0 Å². The predicted octanol–water partition coefficient (Wildman–Crippen LogP) is 4.12. The summed E-state index contributed by atoms with van der Waals surface area (Å²) in [6, 6.07) is 21.9. The second kappa shape index (κ2) is 6.73. The fourth-order valence-corrected chi connectivity index (χ4v) is 3.45. The largest absolute Gasteiger partial charge is 0.347 e. The van der Waals surface area contributed by atoms with Crippen molar-refractivity contribution in [2.24, 2.45) is 7.05 Å². The van der Waals surface area contributed by atoms with Gasteiger partial charge in [-0.1, -0.05) is 60.7 Å². The molecule has 2 aromatic carbocycles. The molecule has 5 heteroatoms. The number of pyridine rings is 1. The Balaban J connectivity index is 0.00000196. The van der Waals surface area contributed by atoms with Crippen LogP contribution in [0.15, 0.2) is 71.5 Å². The van der Waals surface area contributed by atoms with E-state index in [0.29, 0.717) is 11.1 Å². The molecule has 4 rings (SSSR count). The Bertz CT molecular complexity index is 1130. The number of fused-ring (bicyclic) bond motifs is 1. The summed E-state index contributed by atoms with van der Waals surface area (Å²) in [7, 11) is 1.99. The van der Waals surface area contributed by atoms with Crippen LogP contribution in [-0.4, -0.2) is 9.24 Å². The molecular weight excluding hydrogens is 346 g/mol. The first-order valence-electron chi connectivity index (χ1n) is 8.20. The molecule has 0 unspecified atom stereocenters. The molecule has 0 fully saturated rings. The Morgan fingerprint density at radius 3 is 2.00 bits per heavy atom. The number of nitrogens with two attached hydrogens (primary N) is 1. The van der Waals surface area contributed by atoms with E-state index in [1.807, 2.05) is 68.6 Å². The minimum absolute atomic E-state index is 0. The Morgan fingerprint density at radius 1 is 0.885 bits per heavy atom. The highest BCUT2D eigenvalue weighted by atomic mass is 35.5. The van der Waals surface area contributed by atoms with Crippen LogP contribution >= 0.6 is 12.4 Å². The third-order valence-corrected chi connectivity index (χ3v) is 4.81. The lowest BCUT2D eigenvalue weighted by atomic mass is 10.0. The second-order valence-corrected chi connectivity index (χ2v) is 6.22. The maximum Gasteiger partial charge on any atom is 0.278 e. The van der Waals surface area contributed by atoms with Crippen molar-refractivity contribution in [3.8, 4) is 22.5 Å². The number of hydrogen-bond donors (Lipinski definition) is 1. The van der Waals surface area contributed by atoms with E-state index in [1.165, 1.54) is 4.68 Å². The van der Waals surface area contributed by atoms with Gasteiger partial charge in [0.15, 0.2) is 0 Å². The quantitative estimate of drug-likeness (QED) is 0.543. The molecule has 0 atom stereocenters. The van der Waals surface area contributed by atoms with Crippen molar-refractivity contribution in [1.82, 2.24) is 9.24 Å². The molecule has 0 saturated carbocycles. The number of aromatic nitrogens is 2. The van der Waals surface area contributed by atoms with Crippen molar-refractivity contribution in [3.63, 3.8) is 0 Å². The van der Waals surface area contributed by atoms with E-state index in [9.17, 15) is 4.79 Å². The molecule has 0 aliphatic carbocycles. The monoisotopic (exact) mass is 365 g/mol. The lowest BCUT2D eigenvalue weighted by molar-refractivity contribution is 0.894. The maximum atomic E-state index is 13.0. The van der Waals surface area contributed by atoms with Crippen molar-refractivity contribution in [2.75, 3.05) is 5.84 Å². The van der Waals surface area contributed by atoms with Gasteiger partial charge in [-0.25, -0.2) is 4.68 Å². The minimum Gasteiger partial charge on any atom is -0.347 e. The molecular formula is C21H20ClN3O. The van der Waals surface area contributed by atoms with Crippen LogP contribution in [0, 0.1) is 6.92 Å². The predicted molar refractivity (Wildman–Crippen MR) is 110 cm³/mol. The minimum atomic E-state index is -0.174. The van der Waals surface area contributed by atoms with E-state index in [0.717, 1.165) is 27.9 Å². The normalized spacial score (nSPS) is 10.7. The zero-order valence-corrected chi connectivity index (χ0v) is 15.5. The van der Waals surface area contributed by atoms with Crippen molar-refractivity contribution >= 4 is 23.2 Å². The molecule has 0 aliphatic heterocycles. The standard InChI is InChI=1S/C21H19N3O.ClH/c1-14-19-17(20(23(14)2)16-11-7-4-8-12-16)13-18(24(22)21(19)25)15-9-5-3-6-10-15;/h3-13H,22H2,1-2H3;1H. The van der Waals surface area contributed by atoms with Crippen molar-refractivity contribution in [3.05, 3.63) is 82.8 Å². The van der Waals surface area contributed by atoms with E-state index in [1.54, 1.807) is 0 Å². The first-order valence-corrected chi connectivity index (χ1v) is 8.20. The summed E-state index contributed by atoms with van der Waals surface area (Å²) in [5.74, 6) is 6.14. The zero-order chi connectivity index (χ0) is 17.6. The highest BCUT2D eigenvalue weighted by Gasteiger charge is 2.19. The van der Waals surface area contributed by atoms with Gasteiger partial charge in [0.05, 0.1) is 16.8 Å². The molecule has 0 bridgehead atoms. The van der Waals surface area contributed by atoms with Gasteiger partial charge in [0.25, 0.3) is 5.56 Å². The van der Waals surface area contributed by atoms with Crippen molar-refractivity contribution in [1.29, 1.82) is 0 Å². The summed E-state index contributed by atoms with van der Waals surface area (Å²) in [6.07, 6.45) is 0. The van der Waals surface area contributed by atoms with Gasteiger partial charge >= 0.3 is 0 Å². The number of hydrogen-bond acceptors (Lipinski definition) is 2. The van der Waals surface area contributed by atoms with E-state index < -0.39 is 0 Å². The fraction of sp³-hybridized carbons (Fsp3) is 0.0952. The van der Waals surface area contributed by atoms with Gasteiger partial charge in [-0.3, -0.25) is 4.79 Å². The SMILES string of the molecule is Cc1c2c(=O)n(N)c(-c3ccccc3)cc2c(-c2ccccc2)n1C.Cl. The second-order valence-electron chi connectivity index (χ2n) is 6.22. The maximum absolute atomic E-state index is 13.0. The lowest BCUT2D eigenvalue weighted by Crippen LogP contribution is -2.28. The summed E-state index contributed by atoms with van der Waals surface area (Å²) < 4.78 is 3.32. The van der Waals surface area contributed by atoms with Crippen LogP contribution in [-0.2, 0) is 7.05 Å². The molecule has 0 amide bonds. The van der Waals surface area contributed by atoms with Gasteiger partial charge < -0.3 is 10.4 Å². The van der Waals surface area contributed by atoms with Crippen LogP contribution in [0.4, 0.5) is 0 Å². The fourth-order valence-electron chi connectivity index (χ4n) is 3.45. The summed E-state index contributed by atoms with van der Waals surface area (Å²) >= 11 is 0. The summed E-state index contributed by atoms with van der Waals surface area (Å²) in [5.41, 5.74) is 4.48. The lowest BCUT2D eigenvalue weighted by Gasteiger charge is -2.10. The van der Waals surface area contributed by atoms with Gasteiger partial charge in [0.2, 0.25) is 0 Å². The number of nitrogen functional groups attached to an aromatic ring is 1. The molecule has 2 heterocycles. The number of benzene rings is 2. The molecule has 2 N–H and O–H groups in total. The van der Waals surface area contributed by atoms with Crippen LogP contribution in [0.2, 0.25) is 0 Å². The van der Waals surface area contributed by atoms with Crippen LogP contribution in [0.1, 0.15) is 5.69 Å². The molecule has 4 aromatic rings. The van der Waals surface area contributed by atoms with Crippen LogP contribution < -0.4 is 11.4 Å². The number of halogens is 1. The van der Waals surface area contributed by atoms with Gasteiger partial charge in [-0.05, 0) is 18.6 Å². The highest BCUT2D eigenvalue weighted by Crippen LogP contribution is 2.33. The van der Waals surface area contributed by atoms with E-state index in [4.69, 9.17) is 5.84 Å². The smallest absolute Gasteiger partial charge is 0.278 e. The summed E-state index contributed by atoms with van der Waals surface area (Å²) in [6.45, 7) is 1.96. The van der Waals surface area contributed by atoms with Crippen molar-refractivity contribution in [2.45, 2.75) is 6.92 Å². The van der Waals surface area contributed by atoms with Crippen LogP contribution in [0.25, 0.3) is 33.3 Å². The Labute approximate surface area is 157 Å². The molecule has 26 heavy (non-hydrogen) atoms. The molecule has 132 valence electrons. The average Bonchev–Trinajstić information content (AvgIpc) is 2.90. The summed E-state index contributed by atoms with van der Waals surface area (Å²) in [5, 5.41) is 1.60. The van der Waals surface area contributed by atoms with Gasteiger partial charge in [-0.15, -0.1) is 12.4 Å². The van der Waals surface area contributed by atoms with Gasteiger partial charge in [0.1, 0.15) is 0 Å². The Hall–Kier alpha value is -2.98. The average molecular weight is 366 g/mol. The molecule has 0 aliphatic rings. The Kier molecular flexibility index (Phi) is 4.62. The zero-order valence-electron chi connectivity index (χ0n) is 14.6. The Morgan fingerprint density at radius 2 is 1.42 bits per heavy atom. The van der Waals surface area contributed by atoms with Crippen molar-refractivity contribution < 1.29 is 0 Å². The first kappa shape index (κ1) is 17.8.